The van der Waals surface area contributed by atoms with Crippen LogP contribution in [-0.4, -0.2) is 22.5 Å². The molecule has 0 radical (unpaired) electrons. The van der Waals surface area contributed by atoms with Crippen molar-refractivity contribution in [3.8, 4) is 11.5 Å². The van der Waals surface area contributed by atoms with Gasteiger partial charge in [-0.05, 0) is 37.8 Å². The SMILES string of the molecule is CC(C1CC1)n1nccc1NC(=O)c1cc(Cl)c2c(c1)OCO2. The number of ether oxygens (including phenoxy) is 2. The Morgan fingerprint density at radius 2 is 2.26 bits per heavy atom. The lowest BCUT2D eigenvalue weighted by molar-refractivity contribution is 0.102. The van der Waals surface area contributed by atoms with Crippen LogP contribution in [0.15, 0.2) is 24.4 Å². The molecule has 1 aliphatic carbocycles. The van der Waals surface area contributed by atoms with Crippen molar-refractivity contribution in [3.63, 3.8) is 0 Å². The first-order valence-electron chi connectivity index (χ1n) is 7.57. The third-order valence-electron chi connectivity index (χ3n) is 4.29. The summed E-state index contributed by atoms with van der Waals surface area (Å²) in [5.74, 6) is 2.04. The standard InChI is InChI=1S/C16H16ClN3O3/c1-9(10-2-3-10)20-14(4-5-18-20)19-16(21)11-6-12(17)15-13(7-11)22-8-23-15/h4-7,9-10H,2-3,8H2,1H3,(H,19,21). The smallest absolute Gasteiger partial charge is 0.257 e. The van der Waals surface area contributed by atoms with Crippen molar-refractivity contribution in [1.29, 1.82) is 0 Å². The first-order chi connectivity index (χ1) is 11.1. The largest absolute Gasteiger partial charge is 0.454 e. The van der Waals surface area contributed by atoms with Gasteiger partial charge in [-0.15, -0.1) is 0 Å². The lowest BCUT2D eigenvalue weighted by atomic mass is 10.2. The minimum Gasteiger partial charge on any atom is -0.454 e. The number of hydrogen-bond donors (Lipinski definition) is 1. The van der Waals surface area contributed by atoms with Crippen LogP contribution in [0.4, 0.5) is 5.82 Å². The van der Waals surface area contributed by atoms with E-state index in [1.165, 1.54) is 12.8 Å². The van der Waals surface area contributed by atoms with Crippen LogP contribution < -0.4 is 14.8 Å². The van der Waals surface area contributed by atoms with E-state index in [0.717, 1.165) is 0 Å². The Morgan fingerprint density at radius 1 is 1.43 bits per heavy atom. The van der Waals surface area contributed by atoms with Gasteiger partial charge in [0.2, 0.25) is 6.79 Å². The first kappa shape index (κ1) is 14.4. The van der Waals surface area contributed by atoms with Gasteiger partial charge in [0.1, 0.15) is 5.82 Å². The van der Waals surface area contributed by atoms with Gasteiger partial charge in [-0.25, -0.2) is 4.68 Å². The number of benzene rings is 1. The van der Waals surface area contributed by atoms with Crippen molar-refractivity contribution in [3.05, 3.63) is 35.0 Å². The predicted molar refractivity (Wildman–Crippen MR) is 85.2 cm³/mol. The maximum absolute atomic E-state index is 12.5. The molecule has 1 unspecified atom stereocenters. The quantitative estimate of drug-likeness (QED) is 0.930. The van der Waals surface area contributed by atoms with E-state index < -0.39 is 0 Å². The molecule has 1 aromatic carbocycles. The third kappa shape index (κ3) is 2.63. The molecular weight excluding hydrogens is 318 g/mol. The summed E-state index contributed by atoms with van der Waals surface area (Å²) in [6, 6.07) is 5.29. The van der Waals surface area contributed by atoms with E-state index in [0.29, 0.717) is 33.8 Å². The first-order valence-corrected chi connectivity index (χ1v) is 7.95. The van der Waals surface area contributed by atoms with Crippen LogP contribution in [0, 0.1) is 5.92 Å². The van der Waals surface area contributed by atoms with Crippen molar-refractivity contribution < 1.29 is 14.3 Å². The molecule has 4 rings (SSSR count). The Labute approximate surface area is 138 Å². The summed E-state index contributed by atoms with van der Waals surface area (Å²) in [6.45, 7) is 2.24. The molecule has 2 aliphatic rings. The maximum atomic E-state index is 12.5. The van der Waals surface area contributed by atoms with Crippen LogP contribution in [0.25, 0.3) is 0 Å². The molecule has 23 heavy (non-hydrogen) atoms. The highest BCUT2D eigenvalue weighted by atomic mass is 35.5. The lowest BCUT2D eigenvalue weighted by Gasteiger charge is -2.15. The second-order valence-electron chi connectivity index (χ2n) is 5.89. The van der Waals surface area contributed by atoms with Crippen LogP contribution >= 0.6 is 11.6 Å². The van der Waals surface area contributed by atoms with E-state index in [4.69, 9.17) is 21.1 Å². The molecule has 0 saturated heterocycles. The average Bonchev–Trinajstić information content (AvgIpc) is 3.09. The number of amides is 1. The van der Waals surface area contributed by atoms with Crippen LogP contribution in [0.3, 0.4) is 0 Å². The molecule has 120 valence electrons. The lowest BCUT2D eigenvalue weighted by Crippen LogP contribution is -2.18. The molecule has 1 fully saturated rings. The van der Waals surface area contributed by atoms with Crippen molar-refractivity contribution in [1.82, 2.24) is 9.78 Å². The van der Waals surface area contributed by atoms with E-state index in [9.17, 15) is 4.79 Å². The number of anilines is 1. The Kier molecular flexibility index (Phi) is 3.41. The Morgan fingerprint density at radius 3 is 3.04 bits per heavy atom. The van der Waals surface area contributed by atoms with Gasteiger partial charge >= 0.3 is 0 Å². The summed E-state index contributed by atoms with van der Waals surface area (Å²) >= 11 is 6.13. The molecular formula is C16H16ClN3O3. The highest BCUT2D eigenvalue weighted by Crippen LogP contribution is 2.41. The average molecular weight is 334 g/mol. The number of carbonyl (C=O) groups excluding carboxylic acids is 1. The van der Waals surface area contributed by atoms with Crippen molar-refractivity contribution in [2.75, 3.05) is 12.1 Å². The van der Waals surface area contributed by atoms with Crippen LogP contribution in [-0.2, 0) is 0 Å². The van der Waals surface area contributed by atoms with Gasteiger partial charge in [0.05, 0.1) is 17.3 Å². The zero-order chi connectivity index (χ0) is 16.0. The van der Waals surface area contributed by atoms with Crippen molar-refractivity contribution in [2.45, 2.75) is 25.8 Å². The number of nitrogens with zero attached hydrogens (tertiary/aromatic N) is 2. The molecule has 1 amide bonds. The number of fused-ring (bicyclic) bond motifs is 1. The van der Waals surface area contributed by atoms with Crippen LogP contribution in [0.1, 0.15) is 36.2 Å². The van der Waals surface area contributed by atoms with E-state index in [1.54, 1.807) is 24.4 Å². The fourth-order valence-electron chi connectivity index (χ4n) is 2.80. The number of halogens is 1. The highest BCUT2D eigenvalue weighted by molar-refractivity contribution is 6.32. The highest BCUT2D eigenvalue weighted by Gasteiger charge is 2.31. The summed E-state index contributed by atoms with van der Waals surface area (Å²) in [5.41, 5.74) is 0.422. The second-order valence-corrected chi connectivity index (χ2v) is 6.29. The summed E-state index contributed by atoms with van der Waals surface area (Å²) in [7, 11) is 0. The summed E-state index contributed by atoms with van der Waals surface area (Å²) in [5, 5.41) is 7.59. The number of aromatic nitrogens is 2. The Hall–Kier alpha value is -2.21. The maximum Gasteiger partial charge on any atom is 0.257 e. The van der Waals surface area contributed by atoms with Gasteiger partial charge in [0, 0.05) is 11.6 Å². The molecule has 7 heteroatoms. The van der Waals surface area contributed by atoms with E-state index in [-0.39, 0.29) is 18.7 Å². The monoisotopic (exact) mass is 333 g/mol. The molecule has 1 atom stereocenters. The van der Waals surface area contributed by atoms with Crippen LogP contribution in [0.5, 0.6) is 11.5 Å². The minimum absolute atomic E-state index is 0.117. The van der Waals surface area contributed by atoms with Gasteiger partial charge in [-0.1, -0.05) is 11.6 Å². The molecule has 2 heterocycles. The van der Waals surface area contributed by atoms with Gasteiger partial charge in [0.25, 0.3) is 5.91 Å². The van der Waals surface area contributed by atoms with E-state index in [1.807, 2.05) is 4.68 Å². The number of hydrogen-bond acceptors (Lipinski definition) is 4. The minimum atomic E-state index is -0.255. The molecule has 6 nitrogen and oxygen atoms in total. The Balaban J connectivity index is 1.57. The number of rotatable bonds is 4. The van der Waals surface area contributed by atoms with Gasteiger partial charge < -0.3 is 14.8 Å². The Bertz CT molecular complexity index is 770. The number of nitrogens with one attached hydrogen (secondary N) is 1. The zero-order valence-corrected chi connectivity index (χ0v) is 13.3. The normalized spacial score (nSPS) is 17.1. The third-order valence-corrected chi connectivity index (χ3v) is 4.57. The van der Waals surface area contributed by atoms with Gasteiger partial charge in [-0.2, -0.15) is 5.10 Å². The molecule has 1 N–H and O–H groups in total. The predicted octanol–water partition coefficient (Wildman–Crippen LogP) is 3.49. The molecule has 0 bridgehead atoms. The number of carbonyl (C=O) groups is 1. The summed E-state index contributed by atoms with van der Waals surface area (Å²) < 4.78 is 12.4. The van der Waals surface area contributed by atoms with Crippen LogP contribution in [0.2, 0.25) is 5.02 Å². The van der Waals surface area contributed by atoms with Crippen molar-refractivity contribution >= 4 is 23.3 Å². The second kappa shape index (κ2) is 5.45. The summed E-state index contributed by atoms with van der Waals surface area (Å²) in [6.07, 6.45) is 4.12. The molecule has 1 aliphatic heterocycles. The fraction of sp³-hybridized carbons (Fsp3) is 0.375. The molecule has 0 spiro atoms. The summed E-state index contributed by atoms with van der Waals surface area (Å²) in [4.78, 5) is 12.5. The fourth-order valence-corrected chi connectivity index (χ4v) is 3.07. The van der Waals surface area contributed by atoms with Gasteiger partial charge in [0.15, 0.2) is 11.5 Å². The molecule has 1 saturated carbocycles. The zero-order valence-electron chi connectivity index (χ0n) is 12.6. The molecule has 1 aromatic heterocycles. The van der Waals surface area contributed by atoms with E-state index in [2.05, 4.69) is 17.3 Å². The topological polar surface area (TPSA) is 65.4 Å². The van der Waals surface area contributed by atoms with Gasteiger partial charge in [-0.3, -0.25) is 4.79 Å². The van der Waals surface area contributed by atoms with E-state index >= 15 is 0 Å². The van der Waals surface area contributed by atoms with Crippen molar-refractivity contribution in [2.24, 2.45) is 5.92 Å². The molecule has 2 aromatic rings.